The van der Waals surface area contributed by atoms with Crippen molar-refractivity contribution in [2.75, 3.05) is 33.4 Å². The number of aromatic nitrogens is 2. The highest BCUT2D eigenvalue weighted by molar-refractivity contribution is 5.77. The van der Waals surface area contributed by atoms with Gasteiger partial charge in [-0.25, -0.2) is 0 Å². The molecule has 0 aliphatic carbocycles. The Bertz CT molecular complexity index is 954. The molecule has 32 heavy (non-hydrogen) atoms. The molecular weight excluding hydrogens is 425 g/mol. The minimum absolute atomic E-state index is 0.00200. The van der Waals surface area contributed by atoms with E-state index >= 15 is 0 Å². The number of halogens is 3. The predicted octanol–water partition coefficient (Wildman–Crippen LogP) is 2.83. The van der Waals surface area contributed by atoms with Gasteiger partial charge < -0.3 is 14.7 Å². The summed E-state index contributed by atoms with van der Waals surface area (Å²) in [5.41, 5.74) is 1.91. The van der Waals surface area contributed by atoms with E-state index in [1.807, 2.05) is 4.90 Å². The SMILES string of the molecule is COCC(=O)N1CCc2[nH]nc(C(O)N3CCC(c4ccccc4C(F)(F)F)CC3)c2C1. The normalized spacial score (nSPS) is 19.1. The molecule has 1 fully saturated rings. The van der Waals surface area contributed by atoms with E-state index in [9.17, 15) is 23.1 Å². The van der Waals surface area contributed by atoms with E-state index < -0.39 is 18.0 Å². The van der Waals surface area contributed by atoms with Gasteiger partial charge in [0.25, 0.3) is 0 Å². The number of carbonyl (C=O) groups excluding carboxylic acids is 1. The number of piperidine rings is 1. The van der Waals surface area contributed by atoms with Gasteiger partial charge in [-0.2, -0.15) is 18.3 Å². The van der Waals surface area contributed by atoms with Crippen LogP contribution >= 0.6 is 0 Å². The van der Waals surface area contributed by atoms with Gasteiger partial charge in [0.1, 0.15) is 12.3 Å². The fraction of sp³-hybridized carbons (Fsp3) is 0.545. The summed E-state index contributed by atoms with van der Waals surface area (Å²) in [5, 5.41) is 18.3. The van der Waals surface area contributed by atoms with Gasteiger partial charge in [-0.3, -0.25) is 14.8 Å². The summed E-state index contributed by atoms with van der Waals surface area (Å²) in [6.07, 6.45) is -3.73. The topological polar surface area (TPSA) is 81.7 Å². The molecule has 2 aliphatic heterocycles. The summed E-state index contributed by atoms with van der Waals surface area (Å²) in [4.78, 5) is 15.7. The number of aromatic amines is 1. The number of ether oxygens (including phenoxy) is 1. The second kappa shape index (κ2) is 9.21. The second-order valence-corrected chi connectivity index (χ2v) is 8.33. The number of benzene rings is 1. The summed E-state index contributed by atoms with van der Waals surface area (Å²) >= 11 is 0. The van der Waals surface area contributed by atoms with Crippen molar-refractivity contribution in [3.05, 3.63) is 52.3 Å². The average Bonchev–Trinajstić information content (AvgIpc) is 3.21. The number of fused-ring (bicyclic) bond motifs is 1. The first-order chi connectivity index (χ1) is 15.3. The van der Waals surface area contributed by atoms with Crippen molar-refractivity contribution in [1.82, 2.24) is 20.0 Å². The maximum atomic E-state index is 13.4. The zero-order chi connectivity index (χ0) is 22.9. The number of nitrogens with zero attached hydrogens (tertiary/aromatic N) is 3. The van der Waals surface area contributed by atoms with E-state index in [1.54, 1.807) is 17.0 Å². The van der Waals surface area contributed by atoms with Gasteiger partial charge in [-0.15, -0.1) is 0 Å². The molecule has 174 valence electrons. The lowest BCUT2D eigenvalue weighted by atomic mass is 9.86. The van der Waals surface area contributed by atoms with Crippen molar-refractivity contribution in [1.29, 1.82) is 0 Å². The second-order valence-electron chi connectivity index (χ2n) is 8.33. The van der Waals surface area contributed by atoms with Crippen LogP contribution in [-0.4, -0.2) is 64.4 Å². The zero-order valence-corrected chi connectivity index (χ0v) is 17.9. The molecule has 2 aromatic rings. The van der Waals surface area contributed by atoms with Crippen molar-refractivity contribution in [3.63, 3.8) is 0 Å². The van der Waals surface area contributed by atoms with Crippen LogP contribution < -0.4 is 0 Å². The largest absolute Gasteiger partial charge is 0.416 e. The van der Waals surface area contributed by atoms with Crippen LogP contribution in [0.3, 0.4) is 0 Å². The van der Waals surface area contributed by atoms with Gasteiger partial charge in [0, 0.05) is 51.0 Å². The molecule has 10 heteroatoms. The molecule has 2 aliphatic rings. The van der Waals surface area contributed by atoms with Crippen molar-refractivity contribution in [2.45, 2.75) is 44.1 Å². The molecule has 1 aromatic heterocycles. The lowest BCUT2D eigenvalue weighted by molar-refractivity contribution is -0.138. The number of carbonyl (C=O) groups is 1. The third-order valence-electron chi connectivity index (χ3n) is 6.41. The molecule has 1 saturated heterocycles. The first-order valence-corrected chi connectivity index (χ1v) is 10.7. The molecule has 1 aromatic carbocycles. The number of H-pyrrole nitrogens is 1. The number of likely N-dealkylation sites (tertiary alicyclic amines) is 1. The minimum atomic E-state index is -4.38. The predicted molar refractivity (Wildman–Crippen MR) is 110 cm³/mol. The Balaban J connectivity index is 1.44. The molecule has 4 rings (SSSR count). The maximum Gasteiger partial charge on any atom is 0.416 e. The van der Waals surface area contributed by atoms with E-state index in [2.05, 4.69) is 10.2 Å². The maximum absolute atomic E-state index is 13.4. The van der Waals surface area contributed by atoms with Gasteiger partial charge in [-0.1, -0.05) is 18.2 Å². The standard InChI is InChI=1S/C22H27F3N4O3/c1-32-13-19(30)29-11-8-18-16(12-29)20(27-26-18)21(31)28-9-6-14(7-10-28)15-4-2-3-5-17(15)22(23,24)25/h2-5,14,21,31H,6-13H2,1H3,(H,26,27). The van der Waals surface area contributed by atoms with E-state index in [0.29, 0.717) is 56.7 Å². The fourth-order valence-corrected chi connectivity index (χ4v) is 4.70. The molecule has 7 nitrogen and oxygen atoms in total. The van der Waals surface area contributed by atoms with Crippen molar-refractivity contribution < 1.29 is 27.8 Å². The number of aliphatic hydroxyl groups is 1. The number of amides is 1. The molecule has 0 spiro atoms. The monoisotopic (exact) mass is 452 g/mol. The van der Waals surface area contributed by atoms with Crippen LogP contribution in [0.15, 0.2) is 24.3 Å². The molecule has 0 radical (unpaired) electrons. The molecule has 1 atom stereocenters. The van der Waals surface area contributed by atoms with Crippen molar-refractivity contribution >= 4 is 5.91 Å². The van der Waals surface area contributed by atoms with Crippen LogP contribution in [0.4, 0.5) is 13.2 Å². The fourth-order valence-electron chi connectivity index (χ4n) is 4.70. The molecular formula is C22H27F3N4O3. The highest BCUT2D eigenvalue weighted by Gasteiger charge is 2.37. The summed E-state index contributed by atoms with van der Waals surface area (Å²) in [5.74, 6) is -0.338. The summed E-state index contributed by atoms with van der Waals surface area (Å²) in [6, 6.07) is 5.73. The van der Waals surface area contributed by atoms with Gasteiger partial charge in [0.15, 0.2) is 6.23 Å². The lowest BCUT2D eigenvalue weighted by Crippen LogP contribution is -2.40. The van der Waals surface area contributed by atoms with Gasteiger partial charge in [-0.05, 0) is 30.4 Å². The molecule has 0 bridgehead atoms. The molecule has 1 amide bonds. The van der Waals surface area contributed by atoms with Crippen LogP contribution in [0.5, 0.6) is 0 Å². The van der Waals surface area contributed by atoms with E-state index in [1.165, 1.54) is 13.2 Å². The first kappa shape index (κ1) is 22.8. The number of aliphatic hydroxyl groups excluding tert-OH is 1. The Labute approximate surface area is 184 Å². The van der Waals surface area contributed by atoms with Crippen LogP contribution in [0, 0.1) is 0 Å². The van der Waals surface area contributed by atoms with Crippen LogP contribution in [0.1, 0.15) is 53.1 Å². The van der Waals surface area contributed by atoms with Crippen LogP contribution in [0.25, 0.3) is 0 Å². The average molecular weight is 452 g/mol. The van der Waals surface area contributed by atoms with Crippen molar-refractivity contribution in [3.8, 4) is 0 Å². The van der Waals surface area contributed by atoms with Gasteiger partial charge in [0.2, 0.25) is 5.91 Å². The summed E-state index contributed by atoms with van der Waals surface area (Å²) < 4.78 is 45.1. The number of alkyl halides is 3. The molecule has 1 unspecified atom stereocenters. The quantitative estimate of drug-likeness (QED) is 0.729. The number of rotatable bonds is 5. The van der Waals surface area contributed by atoms with Crippen LogP contribution in [0.2, 0.25) is 0 Å². The van der Waals surface area contributed by atoms with E-state index in [0.717, 1.165) is 17.3 Å². The highest BCUT2D eigenvalue weighted by Crippen LogP contribution is 2.39. The minimum Gasteiger partial charge on any atom is -0.375 e. The number of hydrogen-bond donors (Lipinski definition) is 2. The van der Waals surface area contributed by atoms with Gasteiger partial charge in [0.05, 0.1) is 5.56 Å². The third kappa shape index (κ3) is 4.53. The van der Waals surface area contributed by atoms with Crippen molar-refractivity contribution in [2.24, 2.45) is 0 Å². The summed E-state index contributed by atoms with van der Waals surface area (Å²) in [7, 11) is 1.47. The molecule has 2 N–H and O–H groups in total. The summed E-state index contributed by atoms with van der Waals surface area (Å²) in [6.45, 7) is 1.79. The number of hydrogen-bond acceptors (Lipinski definition) is 5. The molecule has 3 heterocycles. The van der Waals surface area contributed by atoms with Crippen LogP contribution in [-0.2, 0) is 28.7 Å². The first-order valence-electron chi connectivity index (χ1n) is 10.7. The Morgan fingerprint density at radius 2 is 2.00 bits per heavy atom. The van der Waals surface area contributed by atoms with Gasteiger partial charge >= 0.3 is 6.18 Å². The third-order valence-corrected chi connectivity index (χ3v) is 6.41. The van der Waals surface area contributed by atoms with E-state index in [4.69, 9.17) is 4.74 Å². The Kier molecular flexibility index (Phi) is 6.55. The Morgan fingerprint density at radius 3 is 2.69 bits per heavy atom. The number of methoxy groups -OCH3 is 1. The lowest BCUT2D eigenvalue weighted by Gasteiger charge is -2.36. The molecule has 0 saturated carbocycles. The highest BCUT2D eigenvalue weighted by atomic mass is 19.4. The van der Waals surface area contributed by atoms with E-state index in [-0.39, 0.29) is 18.4 Å². The Morgan fingerprint density at radius 1 is 1.28 bits per heavy atom. The smallest absolute Gasteiger partial charge is 0.375 e. The zero-order valence-electron chi connectivity index (χ0n) is 17.9. The Hall–Kier alpha value is -2.43. The number of nitrogens with one attached hydrogen (secondary N) is 1.